The predicted molar refractivity (Wildman–Crippen MR) is 55.2 cm³/mol. The summed E-state index contributed by atoms with van der Waals surface area (Å²) < 4.78 is 0. The third-order valence-corrected chi connectivity index (χ3v) is 3.02. The molecule has 2 aliphatic rings. The van der Waals surface area contributed by atoms with Crippen molar-refractivity contribution in [3.63, 3.8) is 0 Å². The highest BCUT2D eigenvalue weighted by Crippen LogP contribution is 2.29. The molecule has 14 heavy (non-hydrogen) atoms. The van der Waals surface area contributed by atoms with Crippen molar-refractivity contribution in [3.8, 4) is 0 Å². The van der Waals surface area contributed by atoms with Gasteiger partial charge >= 0.3 is 6.03 Å². The molecule has 1 N–H and O–H groups in total. The van der Waals surface area contributed by atoms with Crippen molar-refractivity contribution in [1.82, 2.24) is 15.1 Å². The molecule has 0 spiro atoms. The van der Waals surface area contributed by atoms with Crippen molar-refractivity contribution in [1.29, 1.82) is 0 Å². The largest absolute Gasteiger partial charge is 0.334 e. The van der Waals surface area contributed by atoms with Gasteiger partial charge in [0.2, 0.25) is 0 Å². The van der Waals surface area contributed by atoms with Crippen LogP contribution in [0.2, 0.25) is 0 Å². The molecule has 4 nitrogen and oxygen atoms in total. The minimum absolute atomic E-state index is 0.0349. The van der Waals surface area contributed by atoms with Gasteiger partial charge in [-0.25, -0.2) is 4.79 Å². The highest BCUT2D eigenvalue weighted by Gasteiger charge is 2.34. The highest BCUT2D eigenvalue weighted by atomic mass is 16.2. The summed E-state index contributed by atoms with van der Waals surface area (Å²) in [7, 11) is 3.56. The first-order chi connectivity index (χ1) is 6.66. The SMILES string of the molecule is CN(C)C(=O)NC1CCN(C2CC2)C1. The molecule has 4 heteroatoms. The number of hydrogen-bond acceptors (Lipinski definition) is 2. The molecule has 1 aliphatic heterocycles. The van der Waals surface area contributed by atoms with Gasteiger partial charge in [0.15, 0.2) is 0 Å². The fraction of sp³-hybridized carbons (Fsp3) is 0.900. The van der Waals surface area contributed by atoms with Crippen LogP contribution in [0.4, 0.5) is 4.79 Å². The van der Waals surface area contributed by atoms with Crippen LogP contribution in [-0.4, -0.2) is 55.1 Å². The molecule has 2 rings (SSSR count). The summed E-state index contributed by atoms with van der Waals surface area (Å²) >= 11 is 0. The van der Waals surface area contributed by atoms with Gasteiger partial charge in [0.1, 0.15) is 0 Å². The van der Waals surface area contributed by atoms with Gasteiger partial charge in [-0.15, -0.1) is 0 Å². The zero-order valence-electron chi connectivity index (χ0n) is 8.99. The van der Waals surface area contributed by atoms with Gasteiger partial charge in [-0.3, -0.25) is 4.90 Å². The van der Waals surface area contributed by atoms with E-state index >= 15 is 0 Å². The average molecular weight is 197 g/mol. The van der Waals surface area contributed by atoms with E-state index in [-0.39, 0.29) is 6.03 Å². The maximum absolute atomic E-state index is 11.4. The monoisotopic (exact) mass is 197 g/mol. The van der Waals surface area contributed by atoms with Gasteiger partial charge < -0.3 is 10.2 Å². The van der Waals surface area contributed by atoms with Crippen LogP contribution in [0.3, 0.4) is 0 Å². The van der Waals surface area contributed by atoms with Crippen molar-refractivity contribution in [3.05, 3.63) is 0 Å². The molecule has 1 aliphatic carbocycles. The van der Waals surface area contributed by atoms with Crippen LogP contribution in [0.25, 0.3) is 0 Å². The van der Waals surface area contributed by atoms with E-state index < -0.39 is 0 Å². The number of carbonyl (C=O) groups is 1. The van der Waals surface area contributed by atoms with Crippen molar-refractivity contribution in [2.75, 3.05) is 27.2 Å². The Kier molecular flexibility index (Phi) is 2.63. The lowest BCUT2D eigenvalue weighted by atomic mass is 10.3. The second-order valence-corrected chi connectivity index (χ2v) is 4.56. The van der Waals surface area contributed by atoms with Crippen molar-refractivity contribution in [2.24, 2.45) is 0 Å². The molecule has 0 aromatic heterocycles. The third kappa shape index (κ3) is 2.18. The molecule has 1 saturated carbocycles. The summed E-state index contributed by atoms with van der Waals surface area (Å²) in [4.78, 5) is 15.5. The number of hydrogen-bond donors (Lipinski definition) is 1. The van der Waals surface area contributed by atoms with Gasteiger partial charge in [0.05, 0.1) is 0 Å². The first-order valence-electron chi connectivity index (χ1n) is 5.38. The van der Waals surface area contributed by atoms with Crippen LogP contribution < -0.4 is 5.32 Å². The molecule has 0 bridgehead atoms. The number of nitrogens with zero attached hydrogens (tertiary/aromatic N) is 2. The average Bonchev–Trinajstić information content (AvgIpc) is 2.88. The predicted octanol–water partition coefficient (Wildman–Crippen LogP) is 0.494. The Balaban J connectivity index is 1.75. The number of carbonyl (C=O) groups excluding carboxylic acids is 1. The van der Waals surface area contributed by atoms with Crippen LogP contribution >= 0.6 is 0 Å². The quantitative estimate of drug-likeness (QED) is 0.699. The van der Waals surface area contributed by atoms with Gasteiger partial charge in [-0.1, -0.05) is 0 Å². The Bertz CT molecular complexity index is 225. The lowest BCUT2D eigenvalue weighted by molar-refractivity contribution is 0.212. The number of nitrogens with one attached hydrogen (secondary N) is 1. The molecule has 0 aromatic rings. The standard InChI is InChI=1S/C10H19N3O/c1-12(2)10(14)11-8-5-6-13(7-8)9-3-4-9/h8-9H,3-7H2,1-2H3,(H,11,14). The minimum atomic E-state index is 0.0349. The Morgan fingerprint density at radius 2 is 2.07 bits per heavy atom. The zero-order chi connectivity index (χ0) is 10.1. The molecule has 1 unspecified atom stereocenters. The van der Waals surface area contributed by atoms with E-state index in [1.165, 1.54) is 12.8 Å². The Labute approximate surface area is 85.2 Å². The second kappa shape index (κ2) is 3.77. The lowest BCUT2D eigenvalue weighted by Crippen LogP contribution is -2.42. The van der Waals surface area contributed by atoms with Crippen LogP contribution in [0.15, 0.2) is 0 Å². The fourth-order valence-electron chi connectivity index (χ4n) is 1.98. The van der Waals surface area contributed by atoms with E-state index in [0.29, 0.717) is 6.04 Å². The zero-order valence-corrected chi connectivity index (χ0v) is 8.99. The van der Waals surface area contributed by atoms with Gasteiger partial charge in [0.25, 0.3) is 0 Å². The molecule has 2 fully saturated rings. The third-order valence-electron chi connectivity index (χ3n) is 3.02. The molecular formula is C10H19N3O. The van der Waals surface area contributed by atoms with E-state index in [9.17, 15) is 4.79 Å². The van der Waals surface area contributed by atoms with Crippen LogP contribution in [0.1, 0.15) is 19.3 Å². The Hall–Kier alpha value is -0.770. The Morgan fingerprint density at radius 1 is 1.36 bits per heavy atom. The minimum Gasteiger partial charge on any atom is -0.334 e. The highest BCUT2D eigenvalue weighted by molar-refractivity contribution is 5.73. The number of amides is 2. The molecule has 0 radical (unpaired) electrons. The van der Waals surface area contributed by atoms with E-state index in [1.807, 2.05) is 0 Å². The van der Waals surface area contributed by atoms with E-state index in [1.54, 1.807) is 19.0 Å². The van der Waals surface area contributed by atoms with Crippen LogP contribution in [0.5, 0.6) is 0 Å². The summed E-state index contributed by atoms with van der Waals surface area (Å²) in [6.45, 7) is 2.20. The van der Waals surface area contributed by atoms with Crippen LogP contribution in [0, 0.1) is 0 Å². The van der Waals surface area contributed by atoms with Crippen molar-refractivity contribution in [2.45, 2.75) is 31.3 Å². The van der Waals surface area contributed by atoms with E-state index in [0.717, 1.165) is 25.6 Å². The topological polar surface area (TPSA) is 35.6 Å². The normalized spacial score (nSPS) is 27.7. The summed E-state index contributed by atoms with van der Waals surface area (Å²) in [5.41, 5.74) is 0. The molecule has 2 amide bonds. The molecule has 80 valence electrons. The summed E-state index contributed by atoms with van der Waals surface area (Å²) in [6.07, 6.45) is 3.82. The van der Waals surface area contributed by atoms with E-state index in [2.05, 4.69) is 10.2 Å². The summed E-state index contributed by atoms with van der Waals surface area (Å²) in [5.74, 6) is 0. The first kappa shape index (κ1) is 9.77. The maximum atomic E-state index is 11.4. The number of likely N-dealkylation sites (tertiary alicyclic amines) is 1. The first-order valence-corrected chi connectivity index (χ1v) is 5.38. The molecule has 0 aromatic carbocycles. The Morgan fingerprint density at radius 3 is 2.64 bits per heavy atom. The molecular weight excluding hydrogens is 178 g/mol. The smallest absolute Gasteiger partial charge is 0.317 e. The van der Waals surface area contributed by atoms with Gasteiger partial charge in [0, 0.05) is 39.3 Å². The lowest BCUT2D eigenvalue weighted by Gasteiger charge is -2.18. The van der Waals surface area contributed by atoms with Gasteiger partial charge in [-0.2, -0.15) is 0 Å². The summed E-state index contributed by atoms with van der Waals surface area (Å²) in [5, 5.41) is 3.04. The number of rotatable bonds is 2. The van der Waals surface area contributed by atoms with Crippen molar-refractivity contribution < 1.29 is 4.79 Å². The molecule has 1 heterocycles. The van der Waals surface area contributed by atoms with Crippen LogP contribution in [-0.2, 0) is 0 Å². The van der Waals surface area contributed by atoms with Gasteiger partial charge in [-0.05, 0) is 19.3 Å². The maximum Gasteiger partial charge on any atom is 0.317 e. The molecule has 1 atom stereocenters. The summed E-state index contributed by atoms with van der Waals surface area (Å²) in [6, 6.07) is 1.23. The number of urea groups is 1. The van der Waals surface area contributed by atoms with Crippen molar-refractivity contribution >= 4 is 6.03 Å². The van der Waals surface area contributed by atoms with E-state index in [4.69, 9.17) is 0 Å². The molecule has 1 saturated heterocycles. The fourth-order valence-corrected chi connectivity index (χ4v) is 1.98. The second-order valence-electron chi connectivity index (χ2n) is 4.56.